The fourth-order valence-corrected chi connectivity index (χ4v) is 1.60. The summed E-state index contributed by atoms with van der Waals surface area (Å²) < 4.78 is 0. The van der Waals surface area contributed by atoms with Crippen LogP contribution in [0.3, 0.4) is 0 Å². The smallest absolute Gasteiger partial charge is 0.315 e. The molecule has 1 aliphatic carbocycles. The van der Waals surface area contributed by atoms with Gasteiger partial charge in [0.2, 0.25) is 0 Å². The highest BCUT2D eigenvalue weighted by molar-refractivity contribution is 5.74. The minimum absolute atomic E-state index is 0.0266. The SMILES string of the molecule is CCNC(=O)NC1CC(C)C1C. The Morgan fingerprint density at radius 3 is 2.58 bits per heavy atom. The molecule has 1 fully saturated rings. The van der Waals surface area contributed by atoms with Crippen LogP contribution in [0.15, 0.2) is 0 Å². The van der Waals surface area contributed by atoms with E-state index >= 15 is 0 Å². The van der Waals surface area contributed by atoms with Crippen LogP contribution in [0.25, 0.3) is 0 Å². The van der Waals surface area contributed by atoms with Gasteiger partial charge in [0.05, 0.1) is 0 Å². The molecular weight excluding hydrogens is 152 g/mol. The second-order valence-corrected chi connectivity index (χ2v) is 3.68. The number of amides is 2. The van der Waals surface area contributed by atoms with E-state index in [1.165, 1.54) is 0 Å². The lowest BCUT2D eigenvalue weighted by Crippen LogP contribution is -2.53. The fourth-order valence-electron chi connectivity index (χ4n) is 1.60. The summed E-state index contributed by atoms with van der Waals surface area (Å²) in [4.78, 5) is 11.1. The van der Waals surface area contributed by atoms with Gasteiger partial charge in [-0.3, -0.25) is 0 Å². The van der Waals surface area contributed by atoms with Crippen molar-refractivity contribution in [2.75, 3.05) is 6.54 Å². The van der Waals surface area contributed by atoms with Crippen molar-refractivity contribution in [1.82, 2.24) is 10.6 Å². The highest BCUT2D eigenvalue weighted by Crippen LogP contribution is 2.33. The molecule has 2 amide bonds. The molecule has 2 N–H and O–H groups in total. The number of rotatable bonds is 2. The lowest BCUT2D eigenvalue weighted by atomic mass is 9.71. The number of carbonyl (C=O) groups is 1. The van der Waals surface area contributed by atoms with Crippen LogP contribution in [0.2, 0.25) is 0 Å². The molecule has 0 saturated heterocycles. The van der Waals surface area contributed by atoms with Crippen molar-refractivity contribution in [2.24, 2.45) is 11.8 Å². The van der Waals surface area contributed by atoms with E-state index in [0.29, 0.717) is 18.5 Å². The molecular formula is C9H18N2O. The van der Waals surface area contributed by atoms with Gasteiger partial charge >= 0.3 is 6.03 Å². The van der Waals surface area contributed by atoms with E-state index in [0.717, 1.165) is 12.3 Å². The average molecular weight is 170 g/mol. The topological polar surface area (TPSA) is 41.1 Å². The third-order valence-electron chi connectivity index (χ3n) is 2.81. The highest BCUT2D eigenvalue weighted by Gasteiger charge is 2.34. The average Bonchev–Trinajstić information content (AvgIpc) is 2.04. The van der Waals surface area contributed by atoms with Gasteiger partial charge in [-0.2, -0.15) is 0 Å². The highest BCUT2D eigenvalue weighted by atomic mass is 16.2. The van der Waals surface area contributed by atoms with Gasteiger partial charge in [0.1, 0.15) is 0 Å². The molecule has 0 aromatic carbocycles. The zero-order chi connectivity index (χ0) is 9.14. The van der Waals surface area contributed by atoms with Gasteiger partial charge in [-0.15, -0.1) is 0 Å². The Morgan fingerprint density at radius 1 is 1.50 bits per heavy atom. The van der Waals surface area contributed by atoms with Crippen LogP contribution in [0.4, 0.5) is 4.79 Å². The van der Waals surface area contributed by atoms with Gasteiger partial charge in [-0.1, -0.05) is 13.8 Å². The Labute approximate surface area is 73.9 Å². The van der Waals surface area contributed by atoms with Crippen molar-refractivity contribution in [3.63, 3.8) is 0 Å². The quantitative estimate of drug-likeness (QED) is 0.645. The molecule has 12 heavy (non-hydrogen) atoms. The third kappa shape index (κ3) is 1.90. The maximum Gasteiger partial charge on any atom is 0.315 e. The summed E-state index contributed by atoms with van der Waals surface area (Å²) in [5, 5.41) is 5.68. The van der Waals surface area contributed by atoms with Crippen molar-refractivity contribution in [1.29, 1.82) is 0 Å². The second-order valence-electron chi connectivity index (χ2n) is 3.68. The summed E-state index contributed by atoms with van der Waals surface area (Å²) >= 11 is 0. The van der Waals surface area contributed by atoms with E-state index < -0.39 is 0 Å². The van der Waals surface area contributed by atoms with E-state index in [2.05, 4.69) is 24.5 Å². The molecule has 3 unspecified atom stereocenters. The summed E-state index contributed by atoms with van der Waals surface area (Å²) in [6.07, 6.45) is 1.12. The normalized spacial score (nSPS) is 33.8. The van der Waals surface area contributed by atoms with Gasteiger partial charge in [0.15, 0.2) is 0 Å². The van der Waals surface area contributed by atoms with Crippen molar-refractivity contribution >= 4 is 6.03 Å². The van der Waals surface area contributed by atoms with Gasteiger partial charge in [0.25, 0.3) is 0 Å². The molecule has 0 radical (unpaired) electrons. The predicted octanol–water partition coefficient (Wildman–Crippen LogP) is 1.35. The van der Waals surface area contributed by atoms with Gasteiger partial charge in [-0.05, 0) is 25.2 Å². The molecule has 0 aromatic rings. The van der Waals surface area contributed by atoms with E-state index in [-0.39, 0.29) is 6.03 Å². The van der Waals surface area contributed by atoms with Crippen LogP contribution < -0.4 is 10.6 Å². The van der Waals surface area contributed by atoms with Gasteiger partial charge < -0.3 is 10.6 Å². The van der Waals surface area contributed by atoms with Crippen molar-refractivity contribution in [3.05, 3.63) is 0 Å². The molecule has 1 aliphatic rings. The maximum absolute atomic E-state index is 11.1. The van der Waals surface area contributed by atoms with Crippen molar-refractivity contribution in [3.8, 4) is 0 Å². The standard InChI is InChI=1S/C9H18N2O/c1-4-10-9(12)11-8-5-6(2)7(8)3/h6-8H,4-5H2,1-3H3,(H2,10,11,12). The largest absolute Gasteiger partial charge is 0.338 e. The Balaban J connectivity index is 2.20. The maximum atomic E-state index is 11.1. The second kappa shape index (κ2) is 3.78. The first kappa shape index (κ1) is 9.36. The monoisotopic (exact) mass is 170 g/mol. The van der Waals surface area contributed by atoms with Crippen LogP contribution in [-0.4, -0.2) is 18.6 Å². The third-order valence-corrected chi connectivity index (χ3v) is 2.81. The molecule has 3 nitrogen and oxygen atoms in total. The molecule has 0 spiro atoms. The molecule has 0 aromatic heterocycles. The van der Waals surface area contributed by atoms with Crippen LogP contribution in [0.5, 0.6) is 0 Å². The van der Waals surface area contributed by atoms with E-state index in [9.17, 15) is 4.79 Å². The molecule has 0 heterocycles. The number of carbonyl (C=O) groups excluding carboxylic acids is 1. The molecule has 1 saturated carbocycles. The Bertz CT molecular complexity index is 170. The van der Waals surface area contributed by atoms with Crippen LogP contribution in [-0.2, 0) is 0 Å². The molecule has 0 aliphatic heterocycles. The number of nitrogens with one attached hydrogen (secondary N) is 2. The Morgan fingerprint density at radius 2 is 2.17 bits per heavy atom. The number of hydrogen-bond acceptors (Lipinski definition) is 1. The van der Waals surface area contributed by atoms with Crippen molar-refractivity contribution < 1.29 is 4.79 Å². The van der Waals surface area contributed by atoms with Crippen LogP contribution in [0, 0.1) is 11.8 Å². The zero-order valence-electron chi connectivity index (χ0n) is 8.05. The molecule has 0 bridgehead atoms. The minimum Gasteiger partial charge on any atom is -0.338 e. The van der Waals surface area contributed by atoms with Gasteiger partial charge in [0, 0.05) is 12.6 Å². The summed E-state index contributed by atoms with van der Waals surface area (Å²) in [5.41, 5.74) is 0. The first-order valence-electron chi connectivity index (χ1n) is 4.69. The summed E-state index contributed by atoms with van der Waals surface area (Å²) in [7, 11) is 0. The van der Waals surface area contributed by atoms with Crippen LogP contribution in [0.1, 0.15) is 27.2 Å². The van der Waals surface area contributed by atoms with Crippen LogP contribution >= 0.6 is 0 Å². The number of hydrogen-bond donors (Lipinski definition) is 2. The predicted molar refractivity (Wildman–Crippen MR) is 48.9 cm³/mol. The fraction of sp³-hybridized carbons (Fsp3) is 0.889. The molecule has 70 valence electrons. The molecule has 3 heteroatoms. The molecule has 3 atom stereocenters. The zero-order valence-corrected chi connectivity index (χ0v) is 8.05. The van der Waals surface area contributed by atoms with E-state index in [4.69, 9.17) is 0 Å². The van der Waals surface area contributed by atoms with Crippen molar-refractivity contribution in [2.45, 2.75) is 33.2 Å². The Hall–Kier alpha value is -0.730. The summed E-state index contributed by atoms with van der Waals surface area (Å²) in [6.45, 7) is 7.03. The number of urea groups is 1. The molecule has 1 rings (SSSR count). The Kier molecular flexibility index (Phi) is 2.95. The lowest BCUT2D eigenvalue weighted by molar-refractivity contribution is 0.141. The van der Waals surface area contributed by atoms with E-state index in [1.807, 2.05) is 6.92 Å². The summed E-state index contributed by atoms with van der Waals surface area (Å²) in [6, 6.07) is 0.368. The van der Waals surface area contributed by atoms with Gasteiger partial charge in [-0.25, -0.2) is 4.79 Å². The summed E-state index contributed by atoms with van der Waals surface area (Å²) in [5.74, 6) is 1.39. The minimum atomic E-state index is -0.0266. The first-order valence-corrected chi connectivity index (χ1v) is 4.69. The van der Waals surface area contributed by atoms with E-state index in [1.54, 1.807) is 0 Å². The first-order chi connectivity index (χ1) is 5.65. The lowest BCUT2D eigenvalue weighted by Gasteiger charge is -2.41.